The summed E-state index contributed by atoms with van der Waals surface area (Å²) in [5.74, 6) is 0.930. The number of fused-ring (bicyclic) bond motifs is 1. The molecule has 2 rings (SSSR count). The normalized spacial score (nSPS) is 12.5. The molecule has 5 nitrogen and oxygen atoms in total. The second kappa shape index (κ2) is 7.36. The number of carbonyl (C=O) groups is 1. The van der Waals surface area contributed by atoms with Gasteiger partial charge in [0.05, 0.1) is 10.7 Å². The molecule has 1 aromatic carbocycles. The fraction of sp³-hybridized carbons (Fsp3) is 0.500. The van der Waals surface area contributed by atoms with Crippen molar-refractivity contribution in [2.24, 2.45) is 0 Å². The summed E-state index contributed by atoms with van der Waals surface area (Å²) in [5, 5.41) is 3.11. The first-order chi connectivity index (χ1) is 9.70. The molecule has 0 atom stereocenters. The second-order valence-electron chi connectivity index (χ2n) is 4.49. The summed E-state index contributed by atoms with van der Waals surface area (Å²) in [6.45, 7) is 2.91. The molecular weight excluding hydrogens is 282 g/mol. The zero-order valence-corrected chi connectivity index (χ0v) is 12.2. The van der Waals surface area contributed by atoms with Crippen LogP contribution in [0.2, 0.25) is 5.02 Å². The maximum Gasteiger partial charge on any atom is 0.250 e. The first-order valence-electron chi connectivity index (χ1n) is 6.67. The number of benzene rings is 1. The van der Waals surface area contributed by atoms with Gasteiger partial charge in [-0.2, -0.15) is 0 Å². The number of halogens is 1. The zero-order chi connectivity index (χ0) is 14.4. The number of ether oxygens (including phenoxy) is 3. The molecule has 1 aromatic rings. The first-order valence-corrected chi connectivity index (χ1v) is 7.05. The summed E-state index contributed by atoms with van der Waals surface area (Å²) in [6, 6.07) is 3.28. The standard InChI is InChI=1S/C14H18ClNO4/c1-2-3-4-5-18-8-14(17)16-11-7-13-12(6-10(11)15)19-9-20-13/h6-7H,2-5,8-9H2,1H3,(H,16,17). The summed E-state index contributed by atoms with van der Waals surface area (Å²) in [7, 11) is 0. The van der Waals surface area contributed by atoms with Crippen molar-refractivity contribution in [1.82, 2.24) is 0 Å². The molecule has 1 aliphatic heterocycles. The molecule has 1 N–H and O–H groups in total. The van der Waals surface area contributed by atoms with Crippen molar-refractivity contribution in [1.29, 1.82) is 0 Å². The van der Waals surface area contributed by atoms with Crippen LogP contribution in [0.5, 0.6) is 11.5 Å². The topological polar surface area (TPSA) is 56.8 Å². The Balaban J connectivity index is 1.82. The van der Waals surface area contributed by atoms with Crippen molar-refractivity contribution < 1.29 is 19.0 Å². The van der Waals surface area contributed by atoms with Crippen molar-refractivity contribution in [3.05, 3.63) is 17.2 Å². The molecule has 6 heteroatoms. The molecule has 110 valence electrons. The molecule has 1 amide bonds. The molecule has 0 aliphatic carbocycles. The third-order valence-corrected chi connectivity index (χ3v) is 3.17. The second-order valence-corrected chi connectivity index (χ2v) is 4.90. The predicted molar refractivity (Wildman–Crippen MR) is 76.5 cm³/mol. The summed E-state index contributed by atoms with van der Waals surface area (Å²) in [4.78, 5) is 11.7. The van der Waals surface area contributed by atoms with Crippen LogP contribution < -0.4 is 14.8 Å². The minimum Gasteiger partial charge on any atom is -0.454 e. The third kappa shape index (κ3) is 4.02. The van der Waals surface area contributed by atoms with Gasteiger partial charge in [-0.3, -0.25) is 4.79 Å². The van der Waals surface area contributed by atoms with Crippen LogP contribution >= 0.6 is 11.6 Å². The highest BCUT2D eigenvalue weighted by Gasteiger charge is 2.17. The van der Waals surface area contributed by atoms with Crippen LogP contribution in [-0.2, 0) is 9.53 Å². The lowest BCUT2D eigenvalue weighted by atomic mass is 10.2. The Kier molecular flexibility index (Phi) is 5.49. The highest BCUT2D eigenvalue weighted by Crippen LogP contribution is 2.39. The van der Waals surface area contributed by atoms with E-state index in [-0.39, 0.29) is 19.3 Å². The largest absolute Gasteiger partial charge is 0.454 e. The Hall–Kier alpha value is -1.46. The lowest BCUT2D eigenvalue weighted by Gasteiger charge is -2.09. The van der Waals surface area contributed by atoms with Gasteiger partial charge in [-0.1, -0.05) is 31.4 Å². The Labute approximate surface area is 123 Å². The third-order valence-electron chi connectivity index (χ3n) is 2.86. The van der Waals surface area contributed by atoms with E-state index >= 15 is 0 Å². The Morgan fingerprint density at radius 3 is 2.85 bits per heavy atom. The van der Waals surface area contributed by atoms with Gasteiger partial charge in [0.15, 0.2) is 11.5 Å². The van der Waals surface area contributed by atoms with E-state index in [4.69, 9.17) is 25.8 Å². The van der Waals surface area contributed by atoms with E-state index in [1.165, 1.54) is 0 Å². The number of amides is 1. The molecule has 0 spiro atoms. The molecular formula is C14H18ClNO4. The van der Waals surface area contributed by atoms with Gasteiger partial charge in [0, 0.05) is 18.7 Å². The van der Waals surface area contributed by atoms with Gasteiger partial charge in [-0.05, 0) is 6.42 Å². The van der Waals surface area contributed by atoms with Crippen LogP contribution in [0.1, 0.15) is 26.2 Å². The van der Waals surface area contributed by atoms with Gasteiger partial charge in [0.2, 0.25) is 12.7 Å². The lowest BCUT2D eigenvalue weighted by molar-refractivity contribution is -0.120. The Morgan fingerprint density at radius 1 is 1.35 bits per heavy atom. The molecule has 0 radical (unpaired) electrons. The molecule has 0 saturated carbocycles. The van der Waals surface area contributed by atoms with Gasteiger partial charge in [-0.15, -0.1) is 0 Å². The smallest absolute Gasteiger partial charge is 0.250 e. The van der Waals surface area contributed by atoms with Crippen LogP contribution in [0.4, 0.5) is 5.69 Å². The number of anilines is 1. The fourth-order valence-electron chi connectivity index (χ4n) is 1.82. The first kappa shape index (κ1) is 14.9. The lowest BCUT2D eigenvalue weighted by Crippen LogP contribution is -2.18. The maximum atomic E-state index is 11.7. The Bertz CT molecular complexity index is 478. The van der Waals surface area contributed by atoms with E-state index in [9.17, 15) is 4.79 Å². The highest BCUT2D eigenvalue weighted by atomic mass is 35.5. The SMILES string of the molecule is CCCCCOCC(=O)Nc1cc2c(cc1Cl)OCO2. The van der Waals surface area contributed by atoms with Crippen LogP contribution in [0.3, 0.4) is 0 Å². The van der Waals surface area contributed by atoms with Gasteiger partial charge in [0.1, 0.15) is 6.61 Å². The monoisotopic (exact) mass is 299 g/mol. The van der Waals surface area contributed by atoms with Gasteiger partial charge < -0.3 is 19.5 Å². The molecule has 1 aliphatic rings. The Morgan fingerprint density at radius 2 is 2.10 bits per heavy atom. The molecule has 0 saturated heterocycles. The van der Waals surface area contributed by atoms with Gasteiger partial charge >= 0.3 is 0 Å². The number of hydrogen-bond donors (Lipinski definition) is 1. The van der Waals surface area contributed by atoms with Crippen LogP contribution in [-0.4, -0.2) is 25.9 Å². The molecule has 20 heavy (non-hydrogen) atoms. The molecule has 0 aromatic heterocycles. The summed E-state index contributed by atoms with van der Waals surface area (Å²) in [6.07, 6.45) is 3.20. The average Bonchev–Trinajstić information content (AvgIpc) is 2.86. The molecule has 1 heterocycles. The van der Waals surface area contributed by atoms with Crippen molar-refractivity contribution in [2.75, 3.05) is 25.3 Å². The summed E-state index contributed by atoms with van der Waals surface area (Å²) >= 11 is 6.06. The number of carbonyl (C=O) groups excluding carboxylic acids is 1. The summed E-state index contributed by atoms with van der Waals surface area (Å²) < 4.78 is 15.7. The number of nitrogens with one attached hydrogen (secondary N) is 1. The van der Waals surface area contributed by atoms with Crippen molar-refractivity contribution in [3.8, 4) is 11.5 Å². The van der Waals surface area contributed by atoms with Gasteiger partial charge in [-0.25, -0.2) is 0 Å². The number of rotatable bonds is 7. The zero-order valence-electron chi connectivity index (χ0n) is 11.4. The molecule has 0 unspecified atom stereocenters. The van der Waals surface area contributed by atoms with Crippen molar-refractivity contribution >= 4 is 23.2 Å². The minimum absolute atomic E-state index is 0.0223. The van der Waals surface area contributed by atoms with Crippen molar-refractivity contribution in [3.63, 3.8) is 0 Å². The van der Waals surface area contributed by atoms with Crippen molar-refractivity contribution in [2.45, 2.75) is 26.2 Å². The average molecular weight is 300 g/mol. The molecule has 0 fully saturated rings. The minimum atomic E-state index is -0.234. The van der Waals surface area contributed by atoms with E-state index in [1.807, 2.05) is 0 Å². The molecule has 0 bridgehead atoms. The predicted octanol–water partition coefficient (Wildman–Crippen LogP) is 3.21. The van der Waals surface area contributed by atoms with Crippen LogP contribution in [0.15, 0.2) is 12.1 Å². The van der Waals surface area contributed by atoms with Crippen LogP contribution in [0.25, 0.3) is 0 Å². The number of unbranched alkanes of at least 4 members (excludes halogenated alkanes) is 2. The van der Waals surface area contributed by atoms with E-state index in [0.717, 1.165) is 19.3 Å². The van der Waals surface area contributed by atoms with Crippen LogP contribution in [0, 0.1) is 0 Å². The van der Waals surface area contributed by atoms with E-state index in [0.29, 0.717) is 28.8 Å². The fourth-order valence-corrected chi connectivity index (χ4v) is 2.02. The van der Waals surface area contributed by atoms with E-state index in [2.05, 4.69) is 12.2 Å². The van der Waals surface area contributed by atoms with E-state index < -0.39 is 0 Å². The number of hydrogen-bond acceptors (Lipinski definition) is 4. The highest BCUT2D eigenvalue weighted by molar-refractivity contribution is 6.34. The van der Waals surface area contributed by atoms with Gasteiger partial charge in [0.25, 0.3) is 0 Å². The van der Waals surface area contributed by atoms with E-state index in [1.54, 1.807) is 12.1 Å². The summed E-state index contributed by atoms with van der Waals surface area (Å²) in [5.41, 5.74) is 0.498. The maximum absolute atomic E-state index is 11.7. The quantitative estimate of drug-likeness (QED) is 0.786.